The van der Waals surface area contributed by atoms with Crippen LogP contribution in [0.1, 0.15) is 31.1 Å². The number of rotatable bonds is 8. The first-order chi connectivity index (χ1) is 19.4. The fraction of sp³-hybridized carbons (Fsp3) is 0.133. The van der Waals surface area contributed by atoms with Crippen LogP contribution in [0.3, 0.4) is 0 Å². The maximum Gasteiger partial charge on any atom is 0.250 e. The van der Waals surface area contributed by atoms with Gasteiger partial charge in [0.1, 0.15) is 22.6 Å². The molecule has 0 aliphatic carbocycles. The molecule has 0 aliphatic heterocycles. The first-order valence-corrected chi connectivity index (χ1v) is 13.9. The smallest absolute Gasteiger partial charge is 0.250 e. The monoisotopic (exact) mass is 589 g/mol. The Morgan fingerprint density at radius 2 is 1.73 bits per heavy atom. The number of fused-ring (bicyclic) bond motifs is 1. The fourth-order valence-corrected chi connectivity index (χ4v) is 4.80. The summed E-state index contributed by atoms with van der Waals surface area (Å²) in [7, 11) is 0. The molecule has 40 heavy (non-hydrogen) atoms. The summed E-state index contributed by atoms with van der Waals surface area (Å²) in [6.45, 7) is 2.19. The van der Waals surface area contributed by atoms with E-state index in [-0.39, 0.29) is 5.11 Å². The second kappa shape index (κ2) is 12.5. The summed E-state index contributed by atoms with van der Waals surface area (Å²) >= 11 is 17.5. The molecule has 0 bridgehead atoms. The Morgan fingerprint density at radius 1 is 0.975 bits per heavy atom. The molecule has 10 heteroatoms. The standard InChI is InChI=1S/C30H25Cl2N5O2S/c1-2-3-4-19-5-8-24(9-6-19)37-35-26-12-7-23(18-27(26)36-37)33-30(40)34-29(38)14-11-25-10-13-28(39-25)20-15-21(31)17-22(32)16-20/h5-18H,2-4H2,1H3,(H2,33,34,38,40)/b14-11+. The number of nitrogens with zero attached hydrogens (tertiary/aromatic N) is 3. The van der Waals surface area contributed by atoms with Crippen LogP contribution in [0, 0.1) is 0 Å². The number of aromatic nitrogens is 3. The molecule has 2 heterocycles. The van der Waals surface area contributed by atoms with Crippen molar-refractivity contribution in [2.45, 2.75) is 26.2 Å². The van der Waals surface area contributed by atoms with Crippen molar-refractivity contribution in [3.8, 4) is 17.0 Å². The summed E-state index contributed by atoms with van der Waals surface area (Å²) in [4.78, 5) is 14.0. The predicted octanol–water partition coefficient (Wildman–Crippen LogP) is 7.86. The summed E-state index contributed by atoms with van der Waals surface area (Å²) in [6, 6.07) is 22.5. The summed E-state index contributed by atoms with van der Waals surface area (Å²) < 4.78 is 5.78. The van der Waals surface area contributed by atoms with E-state index in [1.54, 1.807) is 41.2 Å². The molecule has 0 unspecified atom stereocenters. The van der Waals surface area contributed by atoms with Crippen molar-refractivity contribution < 1.29 is 9.21 Å². The highest BCUT2D eigenvalue weighted by atomic mass is 35.5. The number of nitrogens with one attached hydrogen (secondary N) is 2. The summed E-state index contributed by atoms with van der Waals surface area (Å²) in [5, 5.41) is 16.0. The maximum atomic E-state index is 12.4. The number of amides is 1. The van der Waals surface area contributed by atoms with Gasteiger partial charge in [-0.05, 0) is 97.4 Å². The minimum absolute atomic E-state index is 0.151. The van der Waals surface area contributed by atoms with Gasteiger partial charge < -0.3 is 9.73 Å². The minimum Gasteiger partial charge on any atom is -0.457 e. The molecule has 5 aromatic rings. The summed E-state index contributed by atoms with van der Waals surface area (Å²) in [5.41, 5.74) is 5.06. The molecule has 0 spiro atoms. The van der Waals surface area contributed by atoms with Gasteiger partial charge in [-0.2, -0.15) is 4.80 Å². The molecular formula is C30H25Cl2N5O2S. The van der Waals surface area contributed by atoms with Gasteiger partial charge >= 0.3 is 0 Å². The summed E-state index contributed by atoms with van der Waals surface area (Å²) in [6.07, 6.45) is 6.29. The lowest BCUT2D eigenvalue weighted by atomic mass is 10.1. The van der Waals surface area contributed by atoms with Gasteiger partial charge in [0.05, 0.1) is 5.69 Å². The highest BCUT2D eigenvalue weighted by Gasteiger charge is 2.09. The number of carbonyl (C=O) groups excluding carboxylic acids is 1. The van der Waals surface area contributed by atoms with Crippen LogP contribution in [0.25, 0.3) is 34.1 Å². The number of hydrogen-bond donors (Lipinski definition) is 2. The predicted molar refractivity (Wildman–Crippen MR) is 165 cm³/mol. The number of aryl methyl sites for hydroxylation is 1. The number of hydrogen-bond acceptors (Lipinski definition) is 5. The van der Waals surface area contributed by atoms with Crippen LogP contribution >= 0.6 is 35.4 Å². The Bertz CT molecular complexity index is 1690. The lowest BCUT2D eigenvalue weighted by Gasteiger charge is -2.07. The quantitative estimate of drug-likeness (QED) is 0.141. The van der Waals surface area contributed by atoms with Crippen LogP contribution in [0.15, 0.2) is 83.3 Å². The van der Waals surface area contributed by atoms with Crippen molar-refractivity contribution in [2.24, 2.45) is 0 Å². The Hall–Kier alpha value is -3.98. The molecule has 0 fully saturated rings. The molecule has 0 radical (unpaired) electrons. The van der Waals surface area contributed by atoms with E-state index < -0.39 is 5.91 Å². The zero-order valence-electron chi connectivity index (χ0n) is 21.5. The van der Waals surface area contributed by atoms with Gasteiger partial charge in [0.2, 0.25) is 5.91 Å². The van der Waals surface area contributed by atoms with Crippen LogP contribution in [-0.4, -0.2) is 26.0 Å². The van der Waals surface area contributed by atoms with Gasteiger partial charge in [-0.1, -0.05) is 48.7 Å². The van der Waals surface area contributed by atoms with Crippen LogP contribution in [0.2, 0.25) is 10.0 Å². The van der Waals surface area contributed by atoms with Crippen LogP contribution in [0.4, 0.5) is 5.69 Å². The van der Waals surface area contributed by atoms with E-state index in [1.165, 1.54) is 24.5 Å². The van der Waals surface area contributed by atoms with Gasteiger partial charge in [-0.25, -0.2) is 0 Å². The molecule has 0 atom stereocenters. The molecule has 5 rings (SSSR count). The van der Waals surface area contributed by atoms with Gasteiger partial charge in [0, 0.05) is 27.4 Å². The third kappa shape index (κ3) is 6.96. The maximum absolute atomic E-state index is 12.4. The van der Waals surface area contributed by atoms with E-state index in [4.69, 9.17) is 39.8 Å². The van der Waals surface area contributed by atoms with Gasteiger partial charge in [0.25, 0.3) is 0 Å². The lowest BCUT2D eigenvalue weighted by Crippen LogP contribution is -2.32. The first kappa shape index (κ1) is 27.6. The lowest BCUT2D eigenvalue weighted by molar-refractivity contribution is -0.115. The van der Waals surface area contributed by atoms with Crippen LogP contribution < -0.4 is 10.6 Å². The van der Waals surface area contributed by atoms with Crippen LogP contribution in [0.5, 0.6) is 0 Å². The highest BCUT2D eigenvalue weighted by molar-refractivity contribution is 7.80. The topological polar surface area (TPSA) is 85.0 Å². The number of anilines is 1. The number of furan rings is 1. The Balaban J connectivity index is 1.18. The van der Waals surface area contributed by atoms with Crippen molar-refractivity contribution in [1.29, 1.82) is 0 Å². The third-order valence-corrected chi connectivity index (χ3v) is 6.67. The van der Waals surface area contributed by atoms with Crippen molar-refractivity contribution in [1.82, 2.24) is 20.3 Å². The molecule has 7 nitrogen and oxygen atoms in total. The van der Waals surface area contributed by atoms with Crippen LogP contribution in [-0.2, 0) is 11.2 Å². The van der Waals surface area contributed by atoms with E-state index in [0.717, 1.165) is 23.2 Å². The molecule has 3 aromatic carbocycles. The normalized spacial score (nSPS) is 11.3. The SMILES string of the molecule is CCCCc1ccc(-n2nc3ccc(NC(=S)NC(=O)/C=C/c4ccc(-c5cc(Cl)cc(Cl)c5)o4)cc3n2)cc1. The Morgan fingerprint density at radius 3 is 2.48 bits per heavy atom. The molecule has 0 aliphatic rings. The number of halogens is 2. The number of thiocarbonyl (C=S) groups is 1. The number of benzene rings is 3. The molecule has 2 aromatic heterocycles. The Labute approximate surface area is 246 Å². The van der Waals surface area contributed by atoms with Crippen molar-refractivity contribution in [3.05, 3.63) is 100 Å². The van der Waals surface area contributed by atoms with Gasteiger partial charge in [-0.15, -0.1) is 10.2 Å². The molecule has 0 saturated heterocycles. The molecule has 202 valence electrons. The largest absolute Gasteiger partial charge is 0.457 e. The Kier molecular flexibility index (Phi) is 8.60. The minimum atomic E-state index is -0.407. The van der Waals surface area contributed by atoms with E-state index in [9.17, 15) is 4.79 Å². The highest BCUT2D eigenvalue weighted by Crippen LogP contribution is 2.29. The van der Waals surface area contributed by atoms with E-state index in [0.29, 0.717) is 32.8 Å². The third-order valence-electron chi connectivity index (χ3n) is 6.03. The zero-order chi connectivity index (χ0) is 28.1. The average Bonchev–Trinajstić information content (AvgIpc) is 3.58. The average molecular weight is 591 g/mol. The molecule has 0 saturated carbocycles. The number of unbranched alkanes of at least 4 members (excludes halogenated alkanes) is 1. The molecular weight excluding hydrogens is 565 g/mol. The van der Waals surface area contributed by atoms with E-state index in [1.807, 2.05) is 30.3 Å². The van der Waals surface area contributed by atoms with E-state index >= 15 is 0 Å². The fourth-order valence-electron chi connectivity index (χ4n) is 4.05. The second-order valence-electron chi connectivity index (χ2n) is 9.10. The summed E-state index contributed by atoms with van der Waals surface area (Å²) in [5.74, 6) is 0.665. The molecule has 1 amide bonds. The first-order valence-electron chi connectivity index (χ1n) is 12.7. The molecule has 2 N–H and O–H groups in total. The zero-order valence-corrected chi connectivity index (χ0v) is 23.9. The number of carbonyl (C=O) groups is 1. The second-order valence-corrected chi connectivity index (χ2v) is 10.4. The van der Waals surface area contributed by atoms with Crippen molar-refractivity contribution in [3.63, 3.8) is 0 Å². The van der Waals surface area contributed by atoms with Crippen molar-refractivity contribution in [2.75, 3.05) is 5.32 Å². The van der Waals surface area contributed by atoms with Gasteiger partial charge in [-0.3, -0.25) is 10.1 Å². The van der Waals surface area contributed by atoms with Crippen molar-refractivity contribution >= 4 is 69.2 Å². The van der Waals surface area contributed by atoms with Gasteiger partial charge in [0.15, 0.2) is 5.11 Å². The van der Waals surface area contributed by atoms with E-state index in [2.05, 4.69) is 39.9 Å².